The molecule has 6 nitrogen and oxygen atoms in total. The lowest BCUT2D eigenvalue weighted by atomic mass is 9.97. The number of nitrogens with one attached hydrogen (secondary N) is 1. The van der Waals surface area contributed by atoms with Gasteiger partial charge in [0.05, 0.1) is 25.3 Å². The van der Waals surface area contributed by atoms with Crippen molar-refractivity contribution in [1.29, 1.82) is 0 Å². The summed E-state index contributed by atoms with van der Waals surface area (Å²) in [6.07, 6.45) is 1.99. The Morgan fingerprint density at radius 2 is 1.68 bits per heavy atom. The molecule has 6 heteroatoms. The van der Waals surface area contributed by atoms with Crippen LogP contribution in [0.25, 0.3) is 5.70 Å². The minimum Gasteiger partial charge on any atom is -0.507 e. The van der Waals surface area contributed by atoms with E-state index >= 15 is 0 Å². The third kappa shape index (κ3) is 4.39. The lowest BCUT2D eigenvalue weighted by Crippen LogP contribution is -2.89. The van der Waals surface area contributed by atoms with Crippen LogP contribution in [0.15, 0.2) is 78.9 Å². The topological polar surface area (TPSA) is 84.4 Å². The fraction of sp³-hybridized carbons (Fsp3) is 0.160. The summed E-state index contributed by atoms with van der Waals surface area (Å²) in [5, 5.41) is 16.2. The van der Waals surface area contributed by atoms with Crippen molar-refractivity contribution in [2.45, 2.75) is 12.2 Å². The van der Waals surface area contributed by atoms with E-state index in [4.69, 9.17) is 9.47 Å². The molecule has 3 aromatic carbocycles. The maximum Gasteiger partial charge on any atom is 0.337 e. The number of nitrogens with two attached hydrogens (primary N) is 1. The van der Waals surface area contributed by atoms with Gasteiger partial charge in [-0.1, -0.05) is 24.3 Å². The van der Waals surface area contributed by atoms with Gasteiger partial charge in [-0.2, -0.15) is 0 Å². The first-order chi connectivity index (χ1) is 15.1. The number of quaternary nitrogens is 1. The van der Waals surface area contributed by atoms with Crippen molar-refractivity contribution in [2.24, 2.45) is 0 Å². The van der Waals surface area contributed by atoms with Gasteiger partial charge < -0.3 is 25.2 Å². The zero-order chi connectivity index (χ0) is 21.8. The number of aromatic hydroxyl groups is 1. The van der Waals surface area contributed by atoms with Crippen LogP contribution in [0.3, 0.4) is 0 Å². The van der Waals surface area contributed by atoms with Crippen LogP contribution in [0.5, 0.6) is 11.5 Å². The van der Waals surface area contributed by atoms with Crippen LogP contribution in [-0.2, 0) is 4.74 Å². The first kappa shape index (κ1) is 20.5. The molecule has 0 bridgehead atoms. The summed E-state index contributed by atoms with van der Waals surface area (Å²) in [5.41, 5.74) is 4.33. The average molecular weight is 417 g/mol. The molecule has 0 aliphatic carbocycles. The van der Waals surface area contributed by atoms with Gasteiger partial charge in [-0.05, 0) is 54.1 Å². The smallest absolute Gasteiger partial charge is 0.337 e. The summed E-state index contributed by atoms with van der Waals surface area (Å²) in [7, 11) is 3.01. The molecule has 0 fully saturated rings. The van der Waals surface area contributed by atoms with Crippen LogP contribution in [0.4, 0.5) is 0 Å². The van der Waals surface area contributed by atoms with Gasteiger partial charge in [-0.25, -0.2) is 4.79 Å². The van der Waals surface area contributed by atoms with E-state index in [2.05, 4.69) is 16.7 Å². The summed E-state index contributed by atoms with van der Waals surface area (Å²) in [5.74, 6) is 0.688. The largest absolute Gasteiger partial charge is 0.507 e. The van der Waals surface area contributed by atoms with Crippen LogP contribution >= 0.6 is 0 Å². The summed E-state index contributed by atoms with van der Waals surface area (Å²) in [6.45, 7) is 0. The Morgan fingerprint density at radius 1 is 0.968 bits per heavy atom. The number of benzene rings is 3. The zero-order valence-corrected chi connectivity index (χ0v) is 17.4. The zero-order valence-electron chi connectivity index (χ0n) is 17.4. The monoisotopic (exact) mass is 417 g/mol. The van der Waals surface area contributed by atoms with Gasteiger partial charge in [0, 0.05) is 17.3 Å². The van der Waals surface area contributed by atoms with Crippen LogP contribution in [-0.4, -0.2) is 25.3 Å². The van der Waals surface area contributed by atoms with Crippen LogP contribution < -0.4 is 15.4 Å². The second kappa shape index (κ2) is 8.93. The number of carbonyl (C=O) groups is 1. The predicted octanol–water partition coefficient (Wildman–Crippen LogP) is 3.14. The van der Waals surface area contributed by atoms with E-state index in [1.807, 2.05) is 54.6 Å². The minimum atomic E-state index is -0.363. The highest BCUT2D eigenvalue weighted by atomic mass is 16.5. The molecule has 31 heavy (non-hydrogen) atoms. The maximum atomic E-state index is 11.8. The Labute approximate surface area is 181 Å². The summed E-state index contributed by atoms with van der Waals surface area (Å²) in [4.78, 5) is 11.8. The quantitative estimate of drug-likeness (QED) is 0.556. The SMILES string of the molecule is COC(=O)c1ccc(C2NC(c3ccc(OC)cc3)=CC(c3ccccc3O)[NH2+]2)cc1. The molecule has 0 radical (unpaired) electrons. The molecule has 0 amide bonds. The summed E-state index contributed by atoms with van der Waals surface area (Å²) < 4.78 is 10.1. The molecule has 158 valence electrons. The molecule has 1 aliphatic rings. The first-order valence-corrected chi connectivity index (χ1v) is 10.0. The number of carbonyl (C=O) groups excluding carboxylic acids is 1. The summed E-state index contributed by atoms with van der Waals surface area (Å²) in [6, 6.07) is 22.5. The number of rotatable bonds is 5. The Hall–Kier alpha value is -3.77. The van der Waals surface area contributed by atoms with Crippen molar-refractivity contribution >= 4 is 11.7 Å². The van der Waals surface area contributed by atoms with E-state index in [0.29, 0.717) is 5.56 Å². The van der Waals surface area contributed by atoms with E-state index < -0.39 is 0 Å². The van der Waals surface area contributed by atoms with E-state index in [1.54, 1.807) is 25.3 Å². The second-order valence-electron chi connectivity index (χ2n) is 7.32. The Morgan fingerprint density at radius 3 is 2.32 bits per heavy atom. The van der Waals surface area contributed by atoms with Crippen LogP contribution in [0.1, 0.15) is 39.3 Å². The predicted molar refractivity (Wildman–Crippen MR) is 117 cm³/mol. The fourth-order valence-electron chi connectivity index (χ4n) is 3.76. The van der Waals surface area contributed by atoms with Gasteiger partial charge in [0.15, 0.2) is 6.17 Å². The highest BCUT2D eigenvalue weighted by Gasteiger charge is 2.29. The van der Waals surface area contributed by atoms with Gasteiger partial charge in [0.2, 0.25) is 0 Å². The van der Waals surface area contributed by atoms with E-state index in [1.165, 1.54) is 7.11 Å². The van der Waals surface area contributed by atoms with Crippen molar-refractivity contribution in [3.8, 4) is 11.5 Å². The molecule has 4 rings (SSSR count). The lowest BCUT2D eigenvalue weighted by Gasteiger charge is -2.30. The number of hydrogen-bond acceptors (Lipinski definition) is 5. The molecule has 2 atom stereocenters. The van der Waals surface area contributed by atoms with Gasteiger partial charge in [-0.15, -0.1) is 0 Å². The summed E-state index contributed by atoms with van der Waals surface area (Å²) >= 11 is 0. The molecule has 0 spiro atoms. The number of esters is 1. The van der Waals surface area contributed by atoms with E-state index in [0.717, 1.165) is 28.1 Å². The molecule has 2 unspecified atom stereocenters. The van der Waals surface area contributed by atoms with Gasteiger partial charge in [0.1, 0.15) is 17.5 Å². The van der Waals surface area contributed by atoms with Gasteiger partial charge in [-0.3, -0.25) is 0 Å². The number of para-hydroxylation sites is 1. The number of phenols is 1. The molecule has 4 N–H and O–H groups in total. The molecular weight excluding hydrogens is 392 g/mol. The van der Waals surface area contributed by atoms with Crippen molar-refractivity contribution in [3.05, 3.63) is 101 Å². The van der Waals surface area contributed by atoms with Crippen molar-refractivity contribution in [3.63, 3.8) is 0 Å². The normalized spacial score (nSPS) is 17.9. The number of ether oxygens (including phenoxy) is 2. The molecule has 1 heterocycles. The van der Waals surface area contributed by atoms with Crippen LogP contribution in [0, 0.1) is 0 Å². The second-order valence-corrected chi connectivity index (χ2v) is 7.32. The third-order valence-corrected chi connectivity index (χ3v) is 5.44. The molecule has 0 saturated carbocycles. The van der Waals surface area contributed by atoms with Gasteiger partial charge in [0.25, 0.3) is 0 Å². The number of methoxy groups -OCH3 is 2. The Kier molecular flexibility index (Phi) is 5.91. The highest BCUT2D eigenvalue weighted by molar-refractivity contribution is 5.89. The molecule has 0 saturated heterocycles. The fourth-order valence-corrected chi connectivity index (χ4v) is 3.76. The first-order valence-electron chi connectivity index (χ1n) is 10.0. The van der Waals surface area contributed by atoms with E-state index in [-0.39, 0.29) is 23.9 Å². The standard InChI is InChI=1S/C25H24N2O4/c1-30-19-13-11-16(12-14-19)21-15-22(20-5-3-4-6-23(20)28)27-24(26-21)17-7-9-18(10-8-17)25(29)31-2/h3-15,22,24,26-28H,1-2H3/p+1. The Bertz CT molecular complexity index is 1090. The van der Waals surface area contributed by atoms with Crippen molar-refractivity contribution in [1.82, 2.24) is 5.32 Å². The van der Waals surface area contributed by atoms with Crippen molar-refractivity contribution in [2.75, 3.05) is 14.2 Å². The van der Waals surface area contributed by atoms with E-state index in [9.17, 15) is 9.90 Å². The molecular formula is C25H25N2O4+. The number of phenolic OH excluding ortho intramolecular Hbond substituents is 1. The molecule has 1 aliphatic heterocycles. The molecule has 3 aromatic rings. The van der Waals surface area contributed by atoms with Crippen LogP contribution in [0.2, 0.25) is 0 Å². The molecule has 0 aromatic heterocycles. The third-order valence-electron chi connectivity index (χ3n) is 5.44. The average Bonchev–Trinajstić information content (AvgIpc) is 2.83. The van der Waals surface area contributed by atoms with Crippen molar-refractivity contribution < 1.29 is 24.7 Å². The maximum absolute atomic E-state index is 11.8. The number of hydrogen-bond donors (Lipinski definition) is 3. The Balaban J connectivity index is 1.70. The lowest BCUT2D eigenvalue weighted by molar-refractivity contribution is -0.731. The van der Waals surface area contributed by atoms with Gasteiger partial charge >= 0.3 is 5.97 Å². The minimum absolute atomic E-state index is 0.0927. The highest BCUT2D eigenvalue weighted by Crippen LogP contribution is 2.29.